The van der Waals surface area contributed by atoms with Gasteiger partial charge in [-0.05, 0) is 31.1 Å². The van der Waals surface area contributed by atoms with Crippen LogP contribution in [0.4, 0.5) is 0 Å². The molecule has 4 nitrogen and oxygen atoms in total. The third-order valence-corrected chi connectivity index (χ3v) is 4.57. The lowest BCUT2D eigenvalue weighted by molar-refractivity contribution is -0.144. The zero-order valence-electron chi connectivity index (χ0n) is 17.7. The molecule has 0 amide bonds. The molecule has 0 radical (unpaired) electrons. The molecule has 4 heteroatoms. The average molecular weight is 371 g/mol. The minimum atomic E-state index is -0.123. The molecule has 154 valence electrons. The summed E-state index contributed by atoms with van der Waals surface area (Å²) >= 11 is 0. The standard InChI is InChI=1S/C22H42O4/c1-22(2,3)18-14-10-7-9-13-17-21(24)26-19-15-11-6-5-8-12-16-20(23)25-4/h5-19H2,1-4H3. The summed E-state index contributed by atoms with van der Waals surface area (Å²) in [6.45, 7) is 7.41. The first-order valence-electron chi connectivity index (χ1n) is 10.6. The smallest absolute Gasteiger partial charge is 0.305 e. The van der Waals surface area contributed by atoms with Crippen LogP contribution in [0.1, 0.15) is 111 Å². The minimum absolute atomic E-state index is 0.0437. The molecule has 0 bridgehead atoms. The molecule has 0 fully saturated rings. The van der Waals surface area contributed by atoms with Gasteiger partial charge < -0.3 is 9.47 Å². The van der Waals surface area contributed by atoms with Gasteiger partial charge in [-0.3, -0.25) is 9.59 Å². The number of carbonyl (C=O) groups is 2. The van der Waals surface area contributed by atoms with Gasteiger partial charge in [0, 0.05) is 12.8 Å². The molecule has 0 aliphatic heterocycles. The molecule has 0 aromatic heterocycles. The van der Waals surface area contributed by atoms with Crippen LogP contribution in [0.2, 0.25) is 0 Å². The summed E-state index contributed by atoms with van der Waals surface area (Å²) in [6.07, 6.45) is 14.5. The zero-order chi connectivity index (χ0) is 19.7. The fourth-order valence-corrected chi connectivity index (χ4v) is 2.89. The second-order valence-electron chi connectivity index (χ2n) is 8.50. The molecule has 0 aromatic carbocycles. The van der Waals surface area contributed by atoms with E-state index in [4.69, 9.17) is 4.74 Å². The van der Waals surface area contributed by atoms with Crippen molar-refractivity contribution in [2.24, 2.45) is 5.41 Å². The Balaban J connectivity index is 3.26. The minimum Gasteiger partial charge on any atom is -0.469 e. The normalized spacial score (nSPS) is 11.4. The van der Waals surface area contributed by atoms with Crippen LogP contribution in [0.15, 0.2) is 0 Å². The highest BCUT2D eigenvalue weighted by molar-refractivity contribution is 5.69. The second-order valence-corrected chi connectivity index (χ2v) is 8.50. The maximum absolute atomic E-state index is 11.7. The summed E-state index contributed by atoms with van der Waals surface area (Å²) in [5.41, 5.74) is 0.437. The molecule has 0 saturated heterocycles. The molecular weight excluding hydrogens is 328 g/mol. The van der Waals surface area contributed by atoms with Gasteiger partial charge in [0.2, 0.25) is 0 Å². The van der Waals surface area contributed by atoms with Crippen LogP contribution in [0.25, 0.3) is 0 Å². The monoisotopic (exact) mass is 370 g/mol. The fourth-order valence-electron chi connectivity index (χ4n) is 2.89. The Bertz CT molecular complexity index is 358. The third kappa shape index (κ3) is 19.3. The third-order valence-electron chi connectivity index (χ3n) is 4.57. The molecule has 0 spiro atoms. The Morgan fingerprint density at radius 3 is 1.65 bits per heavy atom. The fraction of sp³-hybridized carbons (Fsp3) is 0.909. The van der Waals surface area contributed by atoms with Gasteiger partial charge in [-0.25, -0.2) is 0 Å². The summed E-state index contributed by atoms with van der Waals surface area (Å²) in [5.74, 6) is -0.167. The Labute approximate surface area is 161 Å². The number of unbranched alkanes of at least 4 members (excludes halogenated alkanes) is 9. The Morgan fingerprint density at radius 2 is 1.12 bits per heavy atom. The molecule has 0 aliphatic carbocycles. The van der Waals surface area contributed by atoms with Gasteiger partial charge in [-0.15, -0.1) is 0 Å². The lowest BCUT2D eigenvalue weighted by atomic mass is 9.89. The van der Waals surface area contributed by atoms with Crippen LogP contribution in [0.5, 0.6) is 0 Å². The number of carbonyl (C=O) groups excluding carboxylic acids is 2. The van der Waals surface area contributed by atoms with Crippen LogP contribution < -0.4 is 0 Å². The van der Waals surface area contributed by atoms with Gasteiger partial charge in [0.05, 0.1) is 13.7 Å². The van der Waals surface area contributed by atoms with E-state index in [2.05, 4.69) is 25.5 Å². The summed E-state index contributed by atoms with van der Waals surface area (Å²) in [7, 11) is 1.43. The van der Waals surface area contributed by atoms with Crippen molar-refractivity contribution >= 4 is 11.9 Å². The van der Waals surface area contributed by atoms with Crippen molar-refractivity contribution in [1.29, 1.82) is 0 Å². The SMILES string of the molecule is COC(=O)CCCCCCCCOC(=O)CCCCCCCC(C)(C)C. The molecular formula is C22H42O4. The van der Waals surface area contributed by atoms with E-state index < -0.39 is 0 Å². The van der Waals surface area contributed by atoms with Crippen LogP contribution in [0, 0.1) is 5.41 Å². The van der Waals surface area contributed by atoms with Crippen LogP contribution in [-0.4, -0.2) is 25.7 Å². The Kier molecular flexibility index (Phi) is 15.5. The predicted octanol–water partition coefficient (Wildman–Crippen LogP) is 6.21. The number of hydrogen-bond donors (Lipinski definition) is 0. The quantitative estimate of drug-likeness (QED) is 0.239. The first-order valence-corrected chi connectivity index (χ1v) is 10.6. The van der Waals surface area contributed by atoms with Gasteiger partial charge >= 0.3 is 11.9 Å². The zero-order valence-corrected chi connectivity index (χ0v) is 17.7. The number of rotatable bonds is 16. The lowest BCUT2D eigenvalue weighted by Crippen LogP contribution is -2.06. The topological polar surface area (TPSA) is 52.6 Å². The van der Waals surface area contributed by atoms with Gasteiger partial charge in [-0.1, -0.05) is 72.1 Å². The van der Waals surface area contributed by atoms with E-state index in [0.29, 0.717) is 24.9 Å². The van der Waals surface area contributed by atoms with Gasteiger partial charge in [0.15, 0.2) is 0 Å². The summed E-state index contributed by atoms with van der Waals surface area (Å²) in [5, 5.41) is 0. The predicted molar refractivity (Wildman–Crippen MR) is 107 cm³/mol. The van der Waals surface area contributed by atoms with Crippen LogP contribution in [0.3, 0.4) is 0 Å². The summed E-state index contributed by atoms with van der Waals surface area (Å²) < 4.78 is 9.90. The number of methoxy groups -OCH3 is 1. The number of esters is 2. The second kappa shape index (κ2) is 16.1. The van der Waals surface area contributed by atoms with Crippen LogP contribution in [-0.2, 0) is 19.1 Å². The van der Waals surface area contributed by atoms with E-state index in [9.17, 15) is 9.59 Å². The highest BCUT2D eigenvalue weighted by Crippen LogP contribution is 2.22. The van der Waals surface area contributed by atoms with E-state index in [-0.39, 0.29) is 11.9 Å². The molecule has 0 rings (SSSR count). The van der Waals surface area contributed by atoms with Crippen molar-refractivity contribution in [3.8, 4) is 0 Å². The molecule has 0 atom stereocenters. The molecule has 0 aliphatic rings. The van der Waals surface area contributed by atoms with Crippen molar-refractivity contribution in [3.05, 3.63) is 0 Å². The van der Waals surface area contributed by atoms with Gasteiger partial charge in [0.25, 0.3) is 0 Å². The van der Waals surface area contributed by atoms with Gasteiger partial charge in [-0.2, -0.15) is 0 Å². The van der Waals surface area contributed by atoms with Crippen molar-refractivity contribution in [3.63, 3.8) is 0 Å². The largest absolute Gasteiger partial charge is 0.469 e. The highest BCUT2D eigenvalue weighted by Gasteiger charge is 2.09. The molecule has 0 saturated carbocycles. The van der Waals surface area contributed by atoms with E-state index in [0.717, 1.165) is 51.4 Å². The summed E-state index contributed by atoms with van der Waals surface area (Å²) in [4.78, 5) is 22.6. The maximum atomic E-state index is 11.7. The first kappa shape index (κ1) is 24.9. The molecule has 0 unspecified atom stereocenters. The Morgan fingerprint density at radius 1 is 0.654 bits per heavy atom. The molecule has 0 N–H and O–H groups in total. The lowest BCUT2D eigenvalue weighted by Gasteiger charge is -2.17. The maximum Gasteiger partial charge on any atom is 0.305 e. The molecule has 26 heavy (non-hydrogen) atoms. The van der Waals surface area contributed by atoms with E-state index in [1.807, 2.05) is 0 Å². The van der Waals surface area contributed by atoms with Crippen molar-refractivity contribution in [2.75, 3.05) is 13.7 Å². The highest BCUT2D eigenvalue weighted by atomic mass is 16.5. The van der Waals surface area contributed by atoms with Crippen LogP contribution >= 0.6 is 0 Å². The Hall–Kier alpha value is -1.06. The van der Waals surface area contributed by atoms with E-state index in [1.165, 1.54) is 32.8 Å². The molecule has 0 heterocycles. The van der Waals surface area contributed by atoms with E-state index >= 15 is 0 Å². The summed E-state index contributed by atoms with van der Waals surface area (Å²) in [6, 6.07) is 0. The first-order chi connectivity index (χ1) is 12.3. The van der Waals surface area contributed by atoms with Crippen molar-refractivity contribution in [1.82, 2.24) is 0 Å². The number of hydrogen-bond acceptors (Lipinski definition) is 4. The van der Waals surface area contributed by atoms with Crippen molar-refractivity contribution < 1.29 is 19.1 Å². The average Bonchev–Trinajstić information content (AvgIpc) is 2.58. The van der Waals surface area contributed by atoms with E-state index in [1.54, 1.807) is 0 Å². The number of ether oxygens (including phenoxy) is 2. The van der Waals surface area contributed by atoms with Crippen molar-refractivity contribution in [2.45, 2.75) is 111 Å². The molecule has 0 aromatic rings. The van der Waals surface area contributed by atoms with Gasteiger partial charge in [0.1, 0.15) is 0 Å².